The second-order valence-electron chi connectivity index (χ2n) is 6.08. The molecule has 1 aliphatic rings. The van der Waals surface area contributed by atoms with Crippen LogP contribution in [0.5, 0.6) is 0 Å². The Morgan fingerprint density at radius 1 is 1.25 bits per heavy atom. The first-order chi connectivity index (χ1) is 11.5. The van der Waals surface area contributed by atoms with Crippen molar-refractivity contribution in [2.45, 2.75) is 32.9 Å². The summed E-state index contributed by atoms with van der Waals surface area (Å²) in [6.07, 6.45) is 0.762. The van der Waals surface area contributed by atoms with Gasteiger partial charge >= 0.3 is 0 Å². The van der Waals surface area contributed by atoms with E-state index in [4.69, 9.17) is 0 Å². The summed E-state index contributed by atoms with van der Waals surface area (Å²) >= 11 is 1.53. The number of amides is 2. The fraction of sp³-hybridized carbons (Fsp3) is 0.389. The third kappa shape index (κ3) is 3.64. The predicted molar refractivity (Wildman–Crippen MR) is 93.6 cm³/mol. The lowest BCUT2D eigenvalue weighted by Crippen LogP contribution is -2.58. The molecule has 6 heteroatoms. The molecule has 0 spiro atoms. The third-order valence-corrected chi connectivity index (χ3v) is 5.22. The molecule has 126 valence electrons. The van der Waals surface area contributed by atoms with Gasteiger partial charge in [-0.1, -0.05) is 30.3 Å². The molecule has 0 aliphatic carbocycles. The van der Waals surface area contributed by atoms with Crippen LogP contribution >= 0.6 is 11.3 Å². The van der Waals surface area contributed by atoms with Crippen molar-refractivity contribution in [1.82, 2.24) is 14.8 Å². The van der Waals surface area contributed by atoms with Crippen molar-refractivity contribution in [3.8, 4) is 0 Å². The van der Waals surface area contributed by atoms with Gasteiger partial charge in [-0.15, -0.1) is 11.3 Å². The van der Waals surface area contributed by atoms with Gasteiger partial charge < -0.3 is 9.80 Å². The van der Waals surface area contributed by atoms with E-state index in [0.717, 1.165) is 17.1 Å². The molecule has 1 saturated heterocycles. The molecule has 1 aromatic carbocycles. The quantitative estimate of drug-likeness (QED) is 0.837. The zero-order valence-electron chi connectivity index (χ0n) is 13.9. The lowest BCUT2D eigenvalue weighted by Gasteiger charge is -2.38. The molecule has 1 aromatic heterocycles. The Hall–Kier alpha value is -2.21. The van der Waals surface area contributed by atoms with Crippen molar-refractivity contribution in [3.63, 3.8) is 0 Å². The predicted octanol–water partition coefficient (Wildman–Crippen LogP) is 2.25. The smallest absolute Gasteiger partial charge is 0.245 e. The summed E-state index contributed by atoms with van der Waals surface area (Å²) in [5.41, 5.74) is 2.12. The minimum atomic E-state index is -0.439. The second-order valence-corrected chi connectivity index (χ2v) is 7.02. The number of carbonyl (C=O) groups is 2. The third-order valence-electron chi connectivity index (χ3n) is 4.27. The van der Waals surface area contributed by atoms with Gasteiger partial charge in [0.15, 0.2) is 0 Å². The molecule has 0 radical (unpaired) electrons. The summed E-state index contributed by atoms with van der Waals surface area (Å²) < 4.78 is 0. The molecule has 0 unspecified atom stereocenters. The van der Waals surface area contributed by atoms with E-state index in [1.165, 1.54) is 16.9 Å². The van der Waals surface area contributed by atoms with E-state index in [9.17, 15) is 9.59 Å². The summed E-state index contributed by atoms with van der Waals surface area (Å²) in [5, 5.41) is 2.83. The molecule has 0 bridgehead atoms. The summed E-state index contributed by atoms with van der Waals surface area (Å²) in [7, 11) is 0. The van der Waals surface area contributed by atoms with Crippen LogP contribution in [-0.2, 0) is 22.6 Å². The minimum Gasteiger partial charge on any atom is -0.331 e. The molecule has 1 atom stereocenters. The number of thiazole rings is 1. The summed E-state index contributed by atoms with van der Waals surface area (Å²) in [6, 6.07) is 9.58. The monoisotopic (exact) mass is 343 g/mol. The van der Waals surface area contributed by atoms with Crippen molar-refractivity contribution in [2.24, 2.45) is 0 Å². The van der Waals surface area contributed by atoms with Gasteiger partial charge in [0, 0.05) is 17.6 Å². The molecule has 2 amide bonds. The van der Waals surface area contributed by atoms with E-state index < -0.39 is 6.04 Å². The fourth-order valence-electron chi connectivity index (χ4n) is 2.89. The maximum absolute atomic E-state index is 12.6. The highest BCUT2D eigenvalue weighted by Crippen LogP contribution is 2.19. The molecular formula is C18H21N3O2S. The van der Waals surface area contributed by atoms with Crippen molar-refractivity contribution < 1.29 is 9.59 Å². The maximum atomic E-state index is 12.6. The Kier molecular flexibility index (Phi) is 4.94. The van der Waals surface area contributed by atoms with Crippen LogP contribution in [0.1, 0.15) is 23.2 Å². The van der Waals surface area contributed by atoms with E-state index in [-0.39, 0.29) is 18.4 Å². The van der Waals surface area contributed by atoms with E-state index in [1.54, 1.807) is 16.7 Å². The molecule has 0 N–H and O–H groups in total. The molecule has 2 heterocycles. The molecule has 2 aromatic rings. The average Bonchev–Trinajstić information content (AvgIpc) is 3.00. The number of nitrogens with zero attached hydrogens (tertiary/aromatic N) is 3. The van der Waals surface area contributed by atoms with Gasteiger partial charge in [-0.25, -0.2) is 4.98 Å². The molecule has 0 saturated carbocycles. The second kappa shape index (κ2) is 7.13. The van der Waals surface area contributed by atoms with Crippen LogP contribution in [0.25, 0.3) is 0 Å². The number of hydrogen-bond donors (Lipinski definition) is 0. The van der Waals surface area contributed by atoms with Crippen molar-refractivity contribution >= 4 is 23.2 Å². The van der Waals surface area contributed by atoms with Gasteiger partial charge in [0.2, 0.25) is 11.8 Å². The van der Waals surface area contributed by atoms with Gasteiger partial charge in [0.25, 0.3) is 0 Å². The number of carbonyl (C=O) groups excluding carboxylic acids is 2. The van der Waals surface area contributed by atoms with Crippen LogP contribution in [-0.4, -0.2) is 45.7 Å². The fourth-order valence-corrected chi connectivity index (χ4v) is 3.66. The Balaban J connectivity index is 1.63. The van der Waals surface area contributed by atoms with Gasteiger partial charge in [0.05, 0.1) is 13.1 Å². The van der Waals surface area contributed by atoms with E-state index in [1.807, 2.05) is 42.6 Å². The number of aryl methyl sites for hydroxylation is 1. The van der Waals surface area contributed by atoms with Gasteiger partial charge in [0.1, 0.15) is 11.0 Å². The normalized spacial score (nSPS) is 18.3. The number of rotatable bonds is 5. The summed E-state index contributed by atoms with van der Waals surface area (Å²) in [6.45, 7) is 4.87. The SMILES string of the molecule is Cc1csc(CN2C(=O)CN(CCc3ccccc3)C(=O)[C@H]2C)n1. The van der Waals surface area contributed by atoms with Crippen LogP contribution < -0.4 is 0 Å². The Labute approximate surface area is 145 Å². The molecule has 3 rings (SSSR count). The van der Waals surface area contributed by atoms with E-state index in [2.05, 4.69) is 4.98 Å². The molecule has 24 heavy (non-hydrogen) atoms. The highest BCUT2D eigenvalue weighted by Gasteiger charge is 2.36. The molecular weight excluding hydrogens is 322 g/mol. The highest BCUT2D eigenvalue weighted by atomic mass is 32.1. The molecule has 1 fully saturated rings. The Morgan fingerprint density at radius 3 is 2.67 bits per heavy atom. The highest BCUT2D eigenvalue weighted by molar-refractivity contribution is 7.09. The first-order valence-electron chi connectivity index (χ1n) is 8.08. The zero-order valence-corrected chi connectivity index (χ0v) is 14.8. The Morgan fingerprint density at radius 2 is 2.00 bits per heavy atom. The number of aromatic nitrogens is 1. The van der Waals surface area contributed by atoms with E-state index >= 15 is 0 Å². The lowest BCUT2D eigenvalue weighted by atomic mass is 10.1. The topological polar surface area (TPSA) is 53.5 Å². The standard InChI is InChI=1S/C18H21N3O2S/c1-13-12-24-16(19-13)10-21-14(2)18(23)20(11-17(21)22)9-8-15-6-4-3-5-7-15/h3-7,12,14H,8-11H2,1-2H3/t14-/m1/s1. The average molecular weight is 343 g/mol. The zero-order chi connectivity index (χ0) is 17.1. The lowest BCUT2D eigenvalue weighted by molar-refractivity contribution is -0.155. The van der Waals surface area contributed by atoms with Crippen LogP contribution in [0.2, 0.25) is 0 Å². The summed E-state index contributed by atoms with van der Waals surface area (Å²) in [4.78, 5) is 32.8. The van der Waals surface area contributed by atoms with Crippen LogP contribution in [0.3, 0.4) is 0 Å². The van der Waals surface area contributed by atoms with Crippen molar-refractivity contribution in [1.29, 1.82) is 0 Å². The first-order valence-corrected chi connectivity index (χ1v) is 8.96. The van der Waals surface area contributed by atoms with Crippen molar-refractivity contribution in [3.05, 3.63) is 52.0 Å². The Bertz CT molecular complexity index is 729. The number of piperazine rings is 1. The number of hydrogen-bond acceptors (Lipinski definition) is 4. The molecule has 5 nitrogen and oxygen atoms in total. The van der Waals surface area contributed by atoms with E-state index in [0.29, 0.717) is 13.1 Å². The minimum absolute atomic E-state index is 0.0111. The summed E-state index contributed by atoms with van der Waals surface area (Å²) in [5.74, 6) is 0.00169. The largest absolute Gasteiger partial charge is 0.331 e. The van der Waals surface area contributed by atoms with Gasteiger partial charge in [-0.2, -0.15) is 0 Å². The first kappa shape index (κ1) is 16.6. The molecule has 1 aliphatic heterocycles. The van der Waals surface area contributed by atoms with Crippen LogP contribution in [0.4, 0.5) is 0 Å². The van der Waals surface area contributed by atoms with Crippen LogP contribution in [0.15, 0.2) is 35.7 Å². The van der Waals surface area contributed by atoms with Gasteiger partial charge in [-0.3, -0.25) is 9.59 Å². The van der Waals surface area contributed by atoms with Crippen LogP contribution in [0, 0.1) is 6.92 Å². The maximum Gasteiger partial charge on any atom is 0.245 e. The van der Waals surface area contributed by atoms with Crippen molar-refractivity contribution in [2.75, 3.05) is 13.1 Å². The number of benzene rings is 1. The van der Waals surface area contributed by atoms with Gasteiger partial charge in [-0.05, 0) is 25.8 Å².